The number of nitrogens with zero attached hydrogens (tertiary/aromatic N) is 5. The Labute approximate surface area is 204 Å². The third-order valence-corrected chi connectivity index (χ3v) is 6.39. The molecule has 0 saturated heterocycles. The lowest BCUT2D eigenvalue weighted by molar-refractivity contribution is -0.385. The zero-order chi connectivity index (χ0) is 25.1. The molecule has 0 atom stereocenters. The van der Waals surface area contributed by atoms with Crippen molar-refractivity contribution < 1.29 is 14.6 Å². The first-order valence-corrected chi connectivity index (χ1v) is 11.2. The van der Waals surface area contributed by atoms with Crippen LogP contribution in [0.2, 0.25) is 0 Å². The first-order chi connectivity index (χ1) is 16.8. The minimum atomic E-state index is -0.460. The number of benzene rings is 3. The largest absolute Gasteiger partial charge is 0.497 e. The number of anilines is 1. The van der Waals surface area contributed by atoms with Crippen molar-refractivity contribution in [1.82, 2.24) is 4.57 Å². The number of thiazole rings is 1. The molecule has 1 heterocycles. The molecule has 11 heteroatoms. The van der Waals surface area contributed by atoms with Crippen molar-refractivity contribution in [2.24, 2.45) is 4.99 Å². The summed E-state index contributed by atoms with van der Waals surface area (Å²) in [5.74, 6) is 0.716. The number of hydrogen-bond acceptors (Lipinski definition) is 8. The van der Waals surface area contributed by atoms with Gasteiger partial charge in [-0.25, -0.2) is 4.99 Å². The molecule has 4 aromatic rings. The second-order valence-electron chi connectivity index (χ2n) is 7.66. The SMILES string of the molecule is COc1ccc(-c2c(N(C)C)sc(=Nc3ccc([N+](=O)[O-])cc3)n2-c2ccc([N+](=O)[O-])cc2)cc1. The van der Waals surface area contributed by atoms with Gasteiger partial charge in [0, 0.05) is 49.6 Å². The van der Waals surface area contributed by atoms with Gasteiger partial charge in [-0.2, -0.15) is 0 Å². The van der Waals surface area contributed by atoms with E-state index in [0.717, 1.165) is 16.3 Å². The van der Waals surface area contributed by atoms with Gasteiger partial charge in [0.1, 0.15) is 10.8 Å². The maximum atomic E-state index is 11.2. The molecule has 35 heavy (non-hydrogen) atoms. The predicted molar refractivity (Wildman–Crippen MR) is 135 cm³/mol. The molecule has 0 N–H and O–H groups in total. The predicted octanol–water partition coefficient (Wildman–Crippen LogP) is 5.33. The van der Waals surface area contributed by atoms with E-state index in [1.165, 1.54) is 35.6 Å². The zero-order valence-electron chi connectivity index (χ0n) is 19.1. The number of nitro benzene ring substituents is 2. The maximum Gasteiger partial charge on any atom is 0.269 e. The summed E-state index contributed by atoms with van der Waals surface area (Å²) >= 11 is 1.43. The average Bonchev–Trinajstić information content (AvgIpc) is 3.23. The molecule has 0 spiro atoms. The Bertz CT molecular complexity index is 1440. The van der Waals surface area contributed by atoms with Crippen LogP contribution in [0.3, 0.4) is 0 Å². The fourth-order valence-electron chi connectivity index (χ4n) is 3.47. The monoisotopic (exact) mass is 491 g/mol. The standard InChI is InChI=1S/C24H21N5O5S/c1-26(2)23-22(16-4-14-21(34-3)15-5-16)27(18-10-12-20(13-11-18)29(32)33)24(35-23)25-17-6-8-19(9-7-17)28(30)31/h4-15H,1-3H3. The van der Waals surface area contributed by atoms with Gasteiger partial charge in [-0.1, -0.05) is 11.3 Å². The first kappa shape index (κ1) is 23.6. The van der Waals surface area contributed by atoms with Crippen LogP contribution in [0.1, 0.15) is 0 Å². The Balaban J connectivity index is 1.99. The summed E-state index contributed by atoms with van der Waals surface area (Å²) in [6.07, 6.45) is 0. The van der Waals surface area contributed by atoms with Crippen LogP contribution >= 0.6 is 11.3 Å². The van der Waals surface area contributed by atoms with Gasteiger partial charge in [0.15, 0.2) is 4.80 Å². The zero-order valence-corrected chi connectivity index (χ0v) is 19.9. The van der Waals surface area contributed by atoms with E-state index in [0.29, 0.717) is 21.9 Å². The average molecular weight is 492 g/mol. The van der Waals surface area contributed by atoms with Crippen LogP contribution in [-0.2, 0) is 0 Å². The van der Waals surface area contributed by atoms with E-state index in [1.807, 2.05) is 47.8 Å². The van der Waals surface area contributed by atoms with Gasteiger partial charge in [-0.15, -0.1) is 0 Å². The van der Waals surface area contributed by atoms with E-state index in [1.54, 1.807) is 31.4 Å². The number of methoxy groups -OCH3 is 1. The molecule has 0 bridgehead atoms. The molecular formula is C24H21N5O5S. The Kier molecular flexibility index (Phi) is 6.60. The van der Waals surface area contributed by atoms with Gasteiger partial charge in [-0.05, 0) is 48.5 Å². The van der Waals surface area contributed by atoms with Crippen molar-refractivity contribution in [3.63, 3.8) is 0 Å². The van der Waals surface area contributed by atoms with Gasteiger partial charge in [0.25, 0.3) is 11.4 Å². The van der Waals surface area contributed by atoms with E-state index in [9.17, 15) is 20.2 Å². The normalized spacial score (nSPS) is 11.3. The van der Waals surface area contributed by atoms with Gasteiger partial charge in [-0.3, -0.25) is 24.8 Å². The van der Waals surface area contributed by atoms with Crippen molar-refractivity contribution in [2.45, 2.75) is 0 Å². The molecule has 1 aromatic heterocycles. The summed E-state index contributed by atoms with van der Waals surface area (Å²) in [5.41, 5.74) is 2.93. The van der Waals surface area contributed by atoms with Crippen molar-refractivity contribution in [1.29, 1.82) is 0 Å². The lowest BCUT2D eigenvalue weighted by atomic mass is 10.1. The van der Waals surface area contributed by atoms with Gasteiger partial charge < -0.3 is 9.64 Å². The smallest absolute Gasteiger partial charge is 0.269 e. The molecule has 4 rings (SSSR count). The number of aromatic nitrogens is 1. The summed E-state index contributed by atoms with van der Waals surface area (Å²) in [6, 6.07) is 19.8. The third-order valence-electron chi connectivity index (χ3n) is 5.18. The summed E-state index contributed by atoms with van der Waals surface area (Å²) in [4.78, 5) is 28.7. The second kappa shape index (κ2) is 9.77. The van der Waals surface area contributed by atoms with Gasteiger partial charge in [0.2, 0.25) is 0 Å². The molecule has 0 amide bonds. The highest BCUT2D eigenvalue weighted by Crippen LogP contribution is 2.36. The van der Waals surface area contributed by atoms with E-state index >= 15 is 0 Å². The summed E-state index contributed by atoms with van der Waals surface area (Å²) in [7, 11) is 5.45. The van der Waals surface area contributed by atoms with Crippen LogP contribution in [-0.4, -0.2) is 35.6 Å². The minimum absolute atomic E-state index is 0.0164. The molecule has 0 aliphatic rings. The Morgan fingerprint density at radius 1 is 0.857 bits per heavy atom. The molecule has 0 radical (unpaired) electrons. The van der Waals surface area contributed by atoms with Crippen LogP contribution in [0.5, 0.6) is 5.75 Å². The third kappa shape index (κ3) is 4.89. The van der Waals surface area contributed by atoms with E-state index in [-0.39, 0.29) is 11.4 Å². The van der Waals surface area contributed by atoms with Crippen molar-refractivity contribution in [2.75, 3.05) is 26.1 Å². The highest BCUT2D eigenvalue weighted by molar-refractivity contribution is 7.14. The topological polar surface area (TPSA) is 116 Å². The molecule has 0 aliphatic carbocycles. The fraction of sp³-hybridized carbons (Fsp3) is 0.125. The molecule has 10 nitrogen and oxygen atoms in total. The highest BCUT2D eigenvalue weighted by atomic mass is 32.1. The number of nitro groups is 2. The van der Waals surface area contributed by atoms with Crippen LogP contribution in [0.25, 0.3) is 16.9 Å². The van der Waals surface area contributed by atoms with Crippen molar-refractivity contribution >= 4 is 33.4 Å². The first-order valence-electron chi connectivity index (χ1n) is 10.4. The lowest BCUT2D eigenvalue weighted by Gasteiger charge is -2.15. The van der Waals surface area contributed by atoms with Gasteiger partial charge >= 0.3 is 0 Å². The Hall–Kier alpha value is -4.51. The summed E-state index contributed by atoms with van der Waals surface area (Å²) in [6.45, 7) is 0. The molecule has 3 aromatic carbocycles. The van der Waals surface area contributed by atoms with Crippen LogP contribution in [0.4, 0.5) is 22.1 Å². The number of rotatable bonds is 7. The minimum Gasteiger partial charge on any atom is -0.497 e. The van der Waals surface area contributed by atoms with E-state index < -0.39 is 9.85 Å². The molecule has 0 aliphatic heterocycles. The quantitative estimate of drug-likeness (QED) is 0.255. The van der Waals surface area contributed by atoms with Crippen LogP contribution in [0, 0.1) is 20.2 Å². The molecule has 178 valence electrons. The molecular weight excluding hydrogens is 470 g/mol. The van der Waals surface area contributed by atoms with E-state index in [2.05, 4.69) is 0 Å². The Morgan fingerprint density at radius 3 is 1.89 bits per heavy atom. The molecule has 0 fully saturated rings. The number of hydrogen-bond donors (Lipinski definition) is 0. The van der Waals surface area contributed by atoms with Crippen LogP contribution < -0.4 is 14.4 Å². The molecule has 0 saturated carbocycles. The van der Waals surface area contributed by atoms with E-state index in [4.69, 9.17) is 9.73 Å². The Morgan fingerprint density at radius 2 is 1.40 bits per heavy atom. The maximum absolute atomic E-state index is 11.2. The molecule has 0 unspecified atom stereocenters. The summed E-state index contributed by atoms with van der Waals surface area (Å²) in [5, 5.41) is 23.1. The van der Waals surface area contributed by atoms with Gasteiger partial charge in [0.05, 0.1) is 28.3 Å². The van der Waals surface area contributed by atoms with Crippen LogP contribution in [0.15, 0.2) is 77.8 Å². The lowest BCUT2D eigenvalue weighted by Crippen LogP contribution is -2.14. The fourth-order valence-corrected chi connectivity index (χ4v) is 4.57. The number of ether oxygens (including phenoxy) is 1. The van der Waals surface area contributed by atoms with Crippen molar-refractivity contribution in [3.05, 3.63) is 97.8 Å². The van der Waals surface area contributed by atoms with Crippen molar-refractivity contribution in [3.8, 4) is 22.7 Å². The summed E-state index contributed by atoms with van der Waals surface area (Å²) < 4.78 is 7.22. The second-order valence-corrected chi connectivity index (χ2v) is 8.61. The highest BCUT2D eigenvalue weighted by Gasteiger charge is 2.20. The number of non-ortho nitro benzene ring substituents is 2.